The summed E-state index contributed by atoms with van der Waals surface area (Å²) in [5, 5.41) is 0.486. The molecule has 17 heavy (non-hydrogen) atoms. The van der Waals surface area contributed by atoms with Crippen LogP contribution in [0.2, 0.25) is 5.15 Å². The lowest BCUT2D eigenvalue weighted by Gasteiger charge is -2.28. The predicted molar refractivity (Wildman–Crippen MR) is 67.1 cm³/mol. The summed E-state index contributed by atoms with van der Waals surface area (Å²) in [6.45, 7) is 4.56. The Morgan fingerprint density at radius 2 is 2.12 bits per heavy atom. The number of aryl methyl sites for hydroxylation is 1. The van der Waals surface area contributed by atoms with E-state index >= 15 is 0 Å². The summed E-state index contributed by atoms with van der Waals surface area (Å²) in [5.41, 5.74) is 0.881. The van der Waals surface area contributed by atoms with Crippen molar-refractivity contribution in [2.75, 3.05) is 20.1 Å². The van der Waals surface area contributed by atoms with Gasteiger partial charge in [-0.15, -0.1) is 0 Å². The van der Waals surface area contributed by atoms with Gasteiger partial charge in [0.05, 0.1) is 6.10 Å². The second-order valence-corrected chi connectivity index (χ2v) is 4.95. The molecule has 0 unspecified atom stereocenters. The molecule has 5 heteroatoms. The normalized spacial score (nSPS) is 18.5. The molecule has 4 nitrogen and oxygen atoms in total. The maximum Gasteiger partial charge on any atom is 0.155 e. The van der Waals surface area contributed by atoms with Crippen molar-refractivity contribution in [3.8, 4) is 0 Å². The number of aromatic nitrogens is 2. The van der Waals surface area contributed by atoms with Crippen LogP contribution in [-0.4, -0.2) is 41.1 Å². The van der Waals surface area contributed by atoms with E-state index in [0.717, 1.165) is 31.6 Å². The number of ether oxygens (including phenoxy) is 1. The molecule has 0 saturated carbocycles. The van der Waals surface area contributed by atoms with Crippen molar-refractivity contribution in [1.29, 1.82) is 0 Å². The van der Waals surface area contributed by atoms with Gasteiger partial charge in [-0.3, -0.25) is 0 Å². The minimum absolute atomic E-state index is 0.328. The number of likely N-dealkylation sites (tertiary alicyclic amines) is 1. The maximum atomic E-state index is 5.88. The Balaban J connectivity index is 1.85. The van der Waals surface area contributed by atoms with E-state index in [9.17, 15) is 0 Å². The number of nitrogens with zero attached hydrogens (tertiary/aromatic N) is 3. The molecular weight excluding hydrogens is 238 g/mol. The van der Waals surface area contributed by atoms with Crippen LogP contribution in [0.25, 0.3) is 0 Å². The highest BCUT2D eigenvalue weighted by Crippen LogP contribution is 2.14. The summed E-state index contributed by atoms with van der Waals surface area (Å²) < 4.78 is 5.82. The number of halogens is 1. The van der Waals surface area contributed by atoms with Gasteiger partial charge in [0.1, 0.15) is 11.8 Å². The van der Waals surface area contributed by atoms with Crippen LogP contribution >= 0.6 is 11.6 Å². The minimum Gasteiger partial charge on any atom is -0.370 e. The molecule has 94 valence electrons. The van der Waals surface area contributed by atoms with Gasteiger partial charge in [0.2, 0.25) is 0 Å². The summed E-state index contributed by atoms with van der Waals surface area (Å²) in [4.78, 5) is 10.8. The molecule has 2 rings (SSSR count). The largest absolute Gasteiger partial charge is 0.370 e. The molecule has 0 radical (unpaired) electrons. The molecule has 1 aliphatic rings. The molecule has 1 aliphatic heterocycles. The van der Waals surface area contributed by atoms with Gasteiger partial charge >= 0.3 is 0 Å². The molecule has 0 N–H and O–H groups in total. The van der Waals surface area contributed by atoms with Gasteiger partial charge in [-0.2, -0.15) is 0 Å². The third-order valence-electron chi connectivity index (χ3n) is 2.98. The Hall–Kier alpha value is -0.710. The zero-order valence-electron chi connectivity index (χ0n) is 10.3. The van der Waals surface area contributed by atoms with E-state index in [1.54, 1.807) is 6.07 Å². The zero-order valence-corrected chi connectivity index (χ0v) is 11.1. The number of rotatable bonds is 3. The fraction of sp³-hybridized carbons (Fsp3) is 0.667. The Bertz CT molecular complexity index is 358. The van der Waals surface area contributed by atoms with E-state index in [2.05, 4.69) is 21.9 Å². The lowest BCUT2D eigenvalue weighted by Crippen LogP contribution is -2.34. The smallest absolute Gasteiger partial charge is 0.155 e. The summed E-state index contributed by atoms with van der Waals surface area (Å²) in [6.07, 6.45) is 2.49. The van der Waals surface area contributed by atoms with Crippen LogP contribution in [0.5, 0.6) is 0 Å². The molecule has 2 heterocycles. The molecule has 1 aromatic heterocycles. The third kappa shape index (κ3) is 3.91. The molecule has 0 atom stereocenters. The topological polar surface area (TPSA) is 38.2 Å². The van der Waals surface area contributed by atoms with E-state index in [1.807, 2.05) is 6.92 Å². The average Bonchev–Trinajstić information content (AvgIpc) is 2.27. The maximum absolute atomic E-state index is 5.88. The summed E-state index contributed by atoms with van der Waals surface area (Å²) in [7, 11) is 2.14. The third-order valence-corrected chi connectivity index (χ3v) is 3.18. The molecule has 1 saturated heterocycles. The van der Waals surface area contributed by atoms with Crippen LogP contribution < -0.4 is 0 Å². The fourth-order valence-electron chi connectivity index (χ4n) is 2.00. The SMILES string of the molecule is Cc1cc(Cl)nc(COC2CCN(C)CC2)n1. The van der Waals surface area contributed by atoms with E-state index in [4.69, 9.17) is 16.3 Å². The van der Waals surface area contributed by atoms with Crippen molar-refractivity contribution in [1.82, 2.24) is 14.9 Å². The van der Waals surface area contributed by atoms with Crippen molar-refractivity contribution in [3.05, 3.63) is 22.7 Å². The van der Waals surface area contributed by atoms with Gasteiger partial charge in [0.25, 0.3) is 0 Å². The predicted octanol–water partition coefficient (Wildman–Crippen LogP) is 2.05. The van der Waals surface area contributed by atoms with Crippen molar-refractivity contribution in [3.63, 3.8) is 0 Å². The van der Waals surface area contributed by atoms with Crippen LogP contribution in [-0.2, 0) is 11.3 Å². The molecule has 1 fully saturated rings. The number of piperidine rings is 1. The standard InChI is InChI=1S/C12H18ClN3O/c1-9-7-11(13)15-12(14-9)8-17-10-3-5-16(2)6-4-10/h7,10H,3-6,8H2,1-2H3. The first kappa shape index (κ1) is 12.7. The summed E-state index contributed by atoms with van der Waals surface area (Å²) in [5.74, 6) is 0.675. The van der Waals surface area contributed by atoms with Gasteiger partial charge in [0.15, 0.2) is 5.82 Å². The van der Waals surface area contributed by atoms with Crippen molar-refractivity contribution >= 4 is 11.6 Å². The zero-order chi connectivity index (χ0) is 12.3. The van der Waals surface area contributed by atoms with Gasteiger partial charge < -0.3 is 9.64 Å². The van der Waals surface area contributed by atoms with Crippen LogP contribution in [0.1, 0.15) is 24.4 Å². The van der Waals surface area contributed by atoms with Crippen molar-refractivity contribution < 1.29 is 4.74 Å². The van der Waals surface area contributed by atoms with Crippen LogP contribution in [0.3, 0.4) is 0 Å². The highest BCUT2D eigenvalue weighted by atomic mass is 35.5. The molecule has 1 aromatic rings. The second kappa shape index (κ2) is 5.76. The van der Waals surface area contributed by atoms with Crippen molar-refractivity contribution in [2.45, 2.75) is 32.5 Å². The first-order valence-electron chi connectivity index (χ1n) is 5.93. The number of hydrogen-bond acceptors (Lipinski definition) is 4. The van der Waals surface area contributed by atoms with E-state index in [0.29, 0.717) is 23.7 Å². The molecule has 0 aliphatic carbocycles. The van der Waals surface area contributed by atoms with Gasteiger partial charge in [-0.05, 0) is 32.9 Å². The second-order valence-electron chi connectivity index (χ2n) is 4.56. The number of hydrogen-bond donors (Lipinski definition) is 0. The molecule has 0 spiro atoms. The van der Waals surface area contributed by atoms with Gasteiger partial charge in [-0.1, -0.05) is 11.6 Å². The monoisotopic (exact) mass is 255 g/mol. The van der Waals surface area contributed by atoms with Crippen LogP contribution in [0.15, 0.2) is 6.07 Å². The lowest BCUT2D eigenvalue weighted by atomic mass is 10.1. The van der Waals surface area contributed by atoms with Crippen molar-refractivity contribution in [2.24, 2.45) is 0 Å². The Morgan fingerprint density at radius 1 is 1.41 bits per heavy atom. The highest BCUT2D eigenvalue weighted by Gasteiger charge is 2.17. The minimum atomic E-state index is 0.328. The molecule has 0 amide bonds. The average molecular weight is 256 g/mol. The molecular formula is C12H18ClN3O. The first-order valence-corrected chi connectivity index (χ1v) is 6.31. The quantitative estimate of drug-likeness (QED) is 0.775. The Kier molecular flexibility index (Phi) is 4.31. The fourth-order valence-corrected chi connectivity index (χ4v) is 2.25. The Morgan fingerprint density at radius 3 is 2.76 bits per heavy atom. The van der Waals surface area contributed by atoms with Crippen LogP contribution in [0, 0.1) is 6.92 Å². The van der Waals surface area contributed by atoms with Crippen LogP contribution in [0.4, 0.5) is 0 Å². The van der Waals surface area contributed by atoms with E-state index in [1.165, 1.54) is 0 Å². The van der Waals surface area contributed by atoms with Gasteiger partial charge in [-0.25, -0.2) is 9.97 Å². The van der Waals surface area contributed by atoms with Gasteiger partial charge in [0, 0.05) is 18.8 Å². The summed E-state index contributed by atoms with van der Waals surface area (Å²) in [6, 6.07) is 1.75. The first-order chi connectivity index (χ1) is 8.13. The van der Waals surface area contributed by atoms with E-state index in [-0.39, 0.29) is 0 Å². The molecule has 0 aromatic carbocycles. The summed E-state index contributed by atoms with van der Waals surface area (Å²) >= 11 is 5.88. The van der Waals surface area contributed by atoms with E-state index < -0.39 is 0 Å². The Labute approximate surface area is 107 Å². The lowest BCUT2D eigenvalue weighted by molar-refractivity contribution is -0.000803. The highest BCUT2D eigenvalue weighted by molar-refractivity contribution is 6.29. The molecule has 0 bridgehead atoms.